The minimum atomic E-state index is -4.70. The first-order chi connectivity index (χ1) is 9.74. The molecule has 0 aliphatic rings. The Labute approximate surface area is 133 Å². The molecule has 1 aromatic heterocycles. The predicted octanol–water partition coefficient (Wildman–Crippen LogP) is 5.20. The van der Waals surface area contributed by atoms with E-state index >= 15 is 0 Å². The maximum absolute atomic E-state index is 12.1. The van der Waals surface area contributed by atoms with Crippen LogP contribution in [-0.4, -0.2) is 6.36 Å². The zero-order chi connectivity index (χ0) is 15.6. The summed E-state index contributed by atoms with van der Waals surface area (Å²) in [6.45, 7) is 0. The molecule has 0 aliphatic heterocycles. The Kier molecular flexibility index (Phi) is 5.03. The second-order valence-corrected chi connectivity index (χ2v) is 6.57. The molecule has 0 radical (unpaired) electrons. The molecule has 114 valence electrons. The van der Waals surface area contributed by atoms with Gasteiger partial charge in [-0.2, -0.15) is 0 Å². The Bertz CT molecular complexity index is 613. The van der Waals surface area contributed by atoms with Crippen molar-refractivity contribution in [3.63, 3.8) is 0 Å². The van der Waals surface area contributed by atoms with Crippen molar-refractivity contribution in [1.82, 2.24) is 0 Å². The molecule has 2 aromatic rings. The van der Waals surface area contributed by atoms with E-state index in [9.17, 15) is 13.2 Å². The van der Waals surface area contributed by atoms with Gasteiger partial charge in [-0.1, -0.05) is 35.3 Å². The third-order valence-electron chi connectivity index (χ3n) is 2.70. The van der Waals surface area contributed by atoms with Crippen LogP contribution in [0.1, 0.15) is 17.2 Å². The Hall–Kier alpha value is -0.950. The van der Waals surface area contributed by atoms with Gasteiger partial charge in [-0.15, -0.1) is 24.5 Å². The van der Waals surface area contributed by atoms with Crippen LogP contribution in [0.5, 0.6) is 5.75 Å². The highest BCUT2D eigenvalue weighted by Crippen LogP contribution is 2.35. The quantitative estimate of drug-likeness (QED) is 0.818. The van der Waals surface area contributed by atoms with Crippen molar-refractivity contribution in [3.8, 4) is 5.75 Å². The van der Waals surface area contributed by atoms with Gasteiger partial charge in [0.25, 0.3) is 0 Å². The highest BCUT2D eigenvalue weighted by Gasteiger charge is 2.30. The molecule has 1 heterocycles. The van der Waals surface area contributed by atoms with Crippen LogP contribution in [0.2, 0.25) is 8.67 Å². The molecular weight excluding hydrogens is 346 g/mol. The molecule has 0 fully saturated rings. The van der Waals surface area contributed by atoms with E-state index in [1.165, 1.54) is 35.6 Å². The normalized spacial score (nSPS) is 13.2. The lowest BCUT2D eigenvalue weighted by Gasteiger charge is -2.12. The van der Waals surface area contributed by atoms with Crippen LogP contribution in [-0.2, 0) is 6.42 Å². The number of hydrogen-bond acceptors (Lipinski definition) is 3. The highest BCUT2D eigenvalue weighted by atomic mass is 35.5. The molecule has 2 N–H and O–H groups in total. The SMILES string of the molecule is NC(Cc1ccc(OC(F)(F)F)cc1)c1cc(Cl)sc1Cl. The van der Waals surface area contributed by atoms with Gasteiger partial charge in [-0.3, -0.25) is 0 Å². The van der Waals surface area contributed by atoms with E-state index in [1.807, 2.05) is 0 Å². The summed E-state index contributed by atoms with van der Waals surface area (Å²) in [6, 6.07) is 6.87. The Morgan fingerprint density at radius 2 is 1.81 bits per heavy atom. The van der Waals surface area contributed by atoms with Crippen LogP contribution >= 0.6 is 34.5 Å². The molecule has 0 saturated heterocycles. The molecule has 8 heteroatoms. The zero-order valence-corrected chi connectivity index (χ0v) is 12.8. The Balaban J connectivity index is 2.05. The van der Waals surface area contributed by atoms with Crippen molar-refractivity contribution < 1.29 is 17.9 Å². The van der Waals surface area contributed by atoms with Crippen molar-refractivity contribution in [2.24, 2.45) is 5.73 Å². The number of ether oxygens (including phenoxy) is 1. The lowest BCUT2D eigenvalue weighted by atomic mass is 10.0. The summed E-state index contributed by atoms with van der Waals surface area (Å²) >= 11 is 13.1. The van der Waals surface area contributed by atoms with E-state index in [1.54, 1.807) is 6.07 Å². The van der Waals surface area contributed by atoms with Crippen molar-refractivity contribution >= 4 is 34.5 Å². The van der Waals surface area contributed by atoms with E-state index in [0.29, 0.717) is 15.1 Å². The number of nitrogens with two attached hydrogens (primary N) is 1. The summed E-state index contributed by atoms with van der Waals surface area (Å²) in [4.78, 5) is 0. The highest BCUT2D eigenvalue weighted by molar-refractivity contribution is 7.20. The Morgan fingerprint density at radius 1 is 1.19 bits per heavy atom. The zero-order valence-electron chi connectivity index (χ0n) is 10.5. The van der Waals surface area contributed by atoms with Crippen LogP contribution in [0.25, 0.3) is 0 Å². The van der Waals surface area contributed by atoms with Crippen molar-refractivity contribution in [1.29, 1.82) is 0 Å². The average Bonchev–Trinajstić information content (AvgIpc) is 2.69. The average molecular weight is 356 g/mol. The van der Waals surface area contributed by atoms with Crippen LogP contribution in [0.4, 0.5) is 13.2 Å². The van der Waals surface area contributed by atoms with Gasteiger partial charge in [0.15, 0.2) is 0 Å². The van der Waals surface area contributed by atoms with E-state index < -0.39 is 6.36 Å². The van der Waals surface area contributed by atoms with E-state index in [4.69, 9.17) is 28.9 Å². The van der Waals surface area contributed by atoms with E-state index in [2.05, 4.69) is 4.74 Å². The number of halogens is 5. The number of rotatable bonds is 4. The topological polar surface area (TPSA) is 35.2 Å². The third-order valence-corrected chi connectivity index (χ3v) is 4.21. The molecule has 0 amide bonds. The summed E-state index contributed by atoms with van der Waals surface area (Å²) in [5.41, 5.74) is 7.53. The minimum absolute atomic E-state index is 0.267. The van der Waals surface area contributed by atoms with Crippen LogP contribution in [0.3, 0.4) is 0 Å². The number of alkyl halides is 3. The van der Waals surface area contributed by atoms with Crippen LogP contribution in [0, 0.1) is 0 Å². The van der Waals surface area contributed by atoms with Gasteiger partial charge in [0.1, 0.15) is 5.75 Å². The first-order valence-electron chi connectivity index (χ1n) is 5.79. The van der Waals surface area contributed by atoms with E-state index in [0.717, 1.165) is 11.1 Å². The molecule has 0 bridgehead atoms. The number of thiophene rings is 1. The largest absolute Gasteiger partial charge is 0.573 e. The first kappa shape index (κ1) is 16.4. The molecule has 2 rings (SSSR count). The van der Waals surface area contributed by atoms with Crippen LogP contribution < -0.4 is 10.5 Å². The second kappa shape index (κ2) is 6.44. The Morgan fingerprint density at radius 3 is 2.29 bits per heavy atom. The van der Waals surface area contributed by atoms with Gasteiger partial charge < -0.3 is 10.5 Å². The fourth-order valence-corrected chi connectivity index (χ4v) is 3.39. The summed E-state index contributed by atoms with van der Waals surface area (Å²) in [6.07, 6.45) is -4.27. The van der Waals surface area contributed by atoms with Gasteiger partial charge in [0.2, 0.25) is 0 Å². The van der Waals surface area contributed by atoms with Gasteiger partial charge >= 0.3 is 6.36 Å². The number of hydrogen-bond donors (Lipinski definition) is 1. The molecule has 2 nitrogen and oxygen atoms in total. The standard InChI is InChI=1S/C13H10Cl2F3NOS/c14-11-6-9(12(15)21-11)10(19)5-7-1-3-8(4-2-7)20-13(16,17)18/h1-4,6,10H,5,19H2. The molecule has 0 aliphatic carbocycles. The van der Waals surface area contributed by atoms with Gasteiger partial charge in [0.05, 0.1) is 8.67 Å². The van der Waals surface area contributed by atoms with E-state index in [-0.39, 0.29) is 11.8 Å². The number of benzene rings is 1. The van der Waals surface area contributed by atoms with Crippen molar-refractivity contribution in [2.75, 3.05) is 0 Å². The molecule has 21 heavy (non-hydrogen) atoms. The van der Waals surface area contributed by atoms with Crippen LogP contribution in [0.15, 0.2) is 30.3 Å². The third kappa shape index (κ3) is 4.78. The molecule has 0 spiro atoms. The molecular formula is C13H10Cl2F3NOS. The fourth-order valence-electron chi connectivity index (χ4n) is 1.80. The van der Waals surface area contributed by atoms with Crippen molar-refractivity contribution in [3.05, 3.63) is 50.1 Å². The van der Waals surface area contributed by atoms with Gasteiger partial charge in [0, 0.05) is 11.6 Å². The second-order valence-electron chi connectivity index (χ2n) is 4.28. The van der Waals surface area contributed by atoms with Gasteiger partial charge in [-0.25, -0.2) is 0 Å². The summed E-state index contributed by atoms with van der Waals surface area (Å²) < 4.78 is 41.0. The summed E-state index contributed by atoms with van der Waals surface area (Å²) in [7, 11) is 0. The maximum Gasteiger partial charge on any atom is 0.573 e. The maximum atomic E-state index is 12.1. The smallest absolute Gasteiger partial charge is 0.406 e. The monoisotopic (exact) mass is 355 g/mol. The first-order valence-corrected chi connectivity index (χ1v) is 7.37. The summed E-state index contributed by atoms with van der Waals surface area (Å²) in [5, 5.41) is 0. The lowest BCUT2D eigenvalue weighted by Crippen LogP contribution is -2.17. The van der Waals surface area contributed by atoms with Crippen molar-refractivity contribution in [2.45, 2.75) is 18.8 Å². The fraction of sp³-hybridized carbons (Fsp3) is 0.231. The molecule has 1 atom stereocenters. The summed E-state index contributed by atoms with van der Waals surface area (Å²) in [5.74, 6) is -0.267. The predicted molar refractivity (Wildman–Crippen MR) is 78.1 cm³/mol. The van der Waals surface area contributed by atoms with Gasteiger partial charge in [-0.05, 0) is 30.2 Å². The molecule has 1 unspecified atom stereocenters. The lowest BCUT2D eigenvalue weighted by molar-refractivity contribution is -0.274. The minimum Gasteiger partial charge on any atom is -0.406 e. The molecule has 1 aromatic carbocycles. The molecule has 0 saturated carbocycles.